The molecule has 0 aliphatic rings. The Balaban J connectivity index is 1.76. The molecule has 0 aliphatic heterocycles. The molecule has 0 bridgehead atoms. The van der Waals surface area contributed by atoms with Gasteiger partial charge >= 0.3 is 12.1 Å². The van der Waals surface area contributed by atoms with E-state index in [1.54, 1.807) is 0 Å². The van der Waals surface area contributed by atoms with Crippen LogP contribution < -0.4 is 5.73 Å². The van der Waals surface area contributed by atoms with Crippen LogP contribution in [0.4, 0.5) is 18.9 Å². The van der Waals surface area contributed by atoms with Crippen LogP contribution in [0.1, 0.15) is 32.0 Å². The molecule has 0 atom stereocenters. The lowest BCUT2D eigenvalue weighted by Crippen LogP contribution is -2.12. The van der Waals surface area contributed by atoms with E-state index >= 15 is 0 Å². The number of nitrogens with two attached hydrogens (primary N) is 1. The van der Waals surface area contributed by atoms with E-state index in [-0.39, 0.29) is 28.2 Å². The number of alkyl halides is 3. The minimum atomic E-state index is -4.54. The van der Waals surface area contributed by atoms with Crippen molar-refractivity contribution in [2.75, 3.05) is 0 Å². The van der Waals surface area contributed by atoms with E-state index in [1.165, 1.54) is 36.4 Å². The highest BCUT2D eigenvalue weighted by molar-refractivity contribution is 5.93. The SMILES string of the molecule is NC(=O)c1ccc(COC(=O)c2ccc(-c3cccc(C(F)(F)F)c3)o2)c([N+](=O)[O-])c1. The maximum absolute atomic E-state index is 12.9. The molecule has 160 valence electrons. The molecule has 1 amide bonds. The van der Waals surface area contributed by atoms with Crippen molar-refractivity contribution in [2.24, 2.45) is 5.73 Å². The predicted octanol–water partition coefficient (Wildman–Crippen LogP) is 4.33. The maximum atomic E-state index is 12.9. The van der Waals surface area contributed by atoms with Crippen LogP contribution >= 0.6 is 0 Å². The Kier molecular flexibility index (Phi) is 5.77. The summed E-state index contributed by atoms with van der Waals surface area (Å²) in [5, 5.41) is 11.2. The molecule has 2 aromatic carbocycles. The number of primary amides is 1. The second-order valence-electron chi connectivity index (χ2n) is 6.28. The van der Waals surface area contributed by atoms with Gasteiger partial charge in [-0.1, -0.05) is 12.1 Å². The Morgan fingerprint density at radius 2 is 1.84 bits per heavy atom. The first-order valence-corrected chi connectivity index (χ1v) is 8.58. The van der Waals surface area contributed by atoms with E-state index in [0.717, 1.165) is 18.2 Å². The van der Waals surface area contributed by atoms with Gasteiger partial charge in [0, 0.05) is 17.2 Å². The summed E-state index contributed by atoms with van der Waals surface area (Å²) < 4.78 is 48.9. The van der Waals surface area contributed by atoms with Gasteiger partial charge in [-0.2, -0.15) is 13.2 Å². The summed E-state index contributed by atoms with van der Waals surface area (Å²) in [5.41, 5.74) is 3.78. The summed E-state index contributed by atoms with van der Waals surface area (Å²) >= 11 is 0. The molecule has 3 aromatic rings. The summed E-state index contributed by atoms with van der Waals surface area (Å²) in [5.74, 6) is -2.13. The lowest BCUT2D eigenvalue weighted by Gasteiger charge is -2.07. The average molecular weight is 434 g/mol. The van der Waals surface area contributed by atoms with E-state index in [0.29, 0.717) is 0 Å². The number of hydrogen-bond donors (Lipinski definition) is 1. The number of amides is 1. The number of furan rings is 1. The Morgan fingerprint density at radius 3 is 2.48 bits per heavy atom. The van der Waals surface area contributed by atoms with Crippen molar-refractivity contribution in [2.45, 2.75) is 12.8 Å². The average Bonchev–Trinajstić information content (AvgIpc) is 3.21. The molecule has 3 rings (SSSR count). The number of nitrogens with zero attached hydrogens (tertiary/aromatic N) is 1. The first kappa shape index (κ1) is 21.6. The smallest absolute Gasteiger partial charge is 0.416 e. The van der Waals surface area contributed by atoms with E-state index in [2.05, 4.69) is 0 Å². The number of carbonyl (C=O) groups excluding carboxylic acids is 2. The molecular weight excluding hydrogens is 421 g/mol. The Bertz CT molecular complexity index is 1170. The van der Waals surface area contributed by atoms with Crippen LogP contribution in [0.3, 0.4) is 0 Å². The highest BCUT2D eigenvalue weighted by atomic mass is 19.4. The Hall–Kier alpha value is -4.15. The number of benzene rings is 2. The fourth-order valence-corrected chi connectivity index (χ4v) is 2.68. The first-order valence-electron chi connectivity index (χ1n) is 8.58. The highest BCUT2D eigenvalue weighted by Crippen LogP contribution is 2.32. The first-order chi connectivity index (χ1) is 14.6. The van der Waals surface area contributed by atoms with Gasteiger partial charge in [0.05, 0.1) is 16.1 Å². The van der Waals surface area contributed by atoms with Gasteiger partial charge in [-0.05, 0) is 36.4 Å². The van der Waals surface area contributed by atoms with Crippen LogP contribution in [0, 0.1) is 10.1 Å². The van der Waals surface area contributed by atoms with Crippen molar-refractivity contribution in [1.82, 2.24) is 0 Å². The van der Waals surface area contributed by atoms with Gasteiger partial charge in [-0.25, -0.2) is 4.79 Å². The van der Waals surface area contributed by atoms with Crippen molar-refractivity contribution in [1.29, 1.82) is 0 Å². The van der Waals surface area contributed by atoms with E-state index in [1.807, 2.05) is 0 Å². The maximum Gasteiger partial charge on any atom is 0.416 e. The molecule has 0 spiro atoms. The molecule has 2 N–H and O–H groups in total. The molecule has 0 saturated carbocycles. The van der Waals surface area contributed by atoms with Crippen molar-refractivity contribution in [3.63, 3.8) is 0 Å². The number of rotatable bonds is 6. The second kappa shape index (κ2) is 8.30. The Labute approximate surface area is 172 Å². The van der Waals surface area contributed by atoms with Gasteiger partial charge in [-0.3, -0.25) is 14.9 Å². The number of nitro groups is 1. The zero-order valence-electron chi connectivity index (χ0n) is 15.5. The Morgan fingerprint density at radius 1 is 1.10 bits per heavy atom. The quantitative estimate of drug-likeness (QED) is 0.350. The van der Waals surface area contributed by atoms with Gasteiger partial charge in [0.2, 0.25) is 11.7 Å². The number of carbonyl (C=O) groups is 2. The molecule has 0 radical (unpaired) electrons. The standard InChI is InChI=1S/C20H13F3N2O6/c21-20(22,23)14-3-1-2-11(8-14)16-6-7-17(31-16)19(27)30-10-13-5-4-12(18(24)26)9-15(13)25(28)29/h1-9H,10H2,(H2,24,26). The predicted molar refractivity (Wildman–Crippen MR) is 99.9 cm³/mol. The summed E-state index contributed by atoms with van der Waals surface area (Å²) in [7, 11) is 0. The monoisotopic (exact) mass is 434 g/mol. The number of hydrogen-bond acceptors (Lipinski definition) is 6. The molecule has 0 unspecified atom stereocenters. The third kappa shape index (κ3) is 4.89. The molecule has 8 nitrogen and oxygen atoms in total. The minimum Gasteiger partial charge on any atom is -0.455 e. The molecular formula is C20H13F3N2O6. The minimum absolute atomic E-state index is 0.00741. The molecule has 0 fully saturated rings. The fourth-order valence-electron chi connectivity index (χ4n) is 2.68. The number of nitro benzene ring substituents is 1. The highest BCUT2D eigenvalue weighted by Gasteiger charge is 2.30. The van der Waals surface area contributed by atoms with E-state index in [9.17, 15) is 32.9 Å². The third-order valence-corrected chi connectivity index (χ3v) is 4.21. The van der Waals surface area contributed by atoms with Crippen molar-refractivity contribution < 1.29 is 36.8 Å². The third-order valence-electron chi connectivity index (χ3n) is 4.21. The van der Waals surface area contributed by atoms with Gasteiger partial charge in [0.25, 0.3) is 5.69 Å². The summed E-state index contributed by atoms with van der Waals surface area (Å²) in [4.78, 5) is 33.8. The summed E-state index contributed by atoms with van der Waals surface area (Å²) in [6, 6.07) is 10.3. The van der Waals surface area contributed by atoms with Crippen LogP contribution in [-0.2, 0) is 17.5 Å². The topological polar surface area (TPSA) is 126 Å². The van der Waals surface area contributed by atoms with Gasteiger partial charge < -0.3 is 14.9 Å². The van der Waals surface area contributed by atoms with Crippen molar-refractivity contribution in [3.8, 4) is 11.3 Å². The molecule has 1 heterocycles. The summed E-state index contributed by atoms with van der Waals surface area (Å²) in [6.07, 6.45) is -4.54. The van der Waals surface area contributed by atoms with Gasteiger partial charge in [0.1, 0.15) is 12.4 Å². The molecule has 11 heteroatoms. The zero-order chi connectivity index (χ0) is 22.8. The van der Waals surface area contributed by atoms with Crippen LogP contribution in [0.5, 0.6) is 0 Å². The largest absolute Gasteiger partial charge is 0.455 e. The number of ether oxygens (including phenoxy) is 1. The summed E-state index contributed by atoms with van der Waals surface area (Å²) in [6.45, 7) is -0.506. The van der Waals surface area contributed by atoms with Crippen molar-refractivity contribution in [3.05, 3.63) is 87.2 Å². The molecule has 31 heavy (non-hydrogen) atoms. The zero-order valence-corrected chi connectivity index (χ0v) is 15.5. The molecule has 0 saturated heterocycles. The second-order valence-corrected chi connectivity index (χ2v) is 6.28. The van der Waals surface area contributed by atoms with Crippen LogP contribution in [0.15, 0.2) is 59.0 Å². The lowest BCUT2D eigenvalue weighted by molar-refractivity contribution is -0.385. The molecule has 1 aromatic heterocycles. The van der Waals surface area contributed by atoms with Gasteiger partial charge in [-0.15, -0.1) is 0 Å². The number of esters is 1. The normalized spacial score (nSPS) is 11.2. The van der Waals surface area contributed by atoms with E-state index in [4.69, 9.17) is 14.9 Å². The molecule has 0 aliphatic carbocycles. The van der Waals surface area contributed by atoms with Gasteiger partial charge in [0.15, 0.2) is 0 Å². The van der Waals surface area contributed by atoms with Crippen LogP contribution in [-0.4, -0.2) is 16.8 Å². The van der Waals surface area contributed by atoms with Crippen molar-refractivity contribution >= 4 is 17.6 Å². The fraction of sp³-hybridized carbons (Fsp3) is 0.100. The lowest BCUT2D eigenvalue weighted by atomic mass is 10.1. The van der Waals surface area contributed by atoms with E-state index < -0.39 is 40.8 Å². The van der Waals surface area contributed by atoms with Crippen LogP contribution in [0.2, 0.25) is 0 Å². The van der Waals surface area contributed by atoms with Crippen LogP contribution in [0.25, 0.3) is 11.3 Å². The number of halogens is 3.